The van der Waals surface area contributed by atoms with Crippen LogP contribution in [0, 0.1) is 5.82 Å². The van der Waals surface area contributed by atoms with Crippen LogP contribution in [-0.4, -0.2) is 40.7 Å². The van der Waals surface area contributed by atoms with E-state index >= 15 is 0 Å². The number of benzene rings is 1. The summed E-state index contributed by atoms with van der Waals surface area (Å²) in [5.41, 5.74) is -0.386. The van der Waals surface area contributed by atoms with Crippen molar-refractivity contribution in [2.75, 3.05) is 18.2 Å². The Hall–Kier alpha value is -1.76. The number of carbonyl (C=O) groups excluding carboxylic acids is 2. The van der Waals surface area contributed by atoms with Gasteiger partial charge in [0.25, 0.3) is 0 Å². The van der Waals surface area contributed by atoms with Gasteiger partial charge < -0.3 is 15.0 Å². The normalized spacial score (nSPS) is 15.9. The average molecular weight is 354 g/mol. The SMILES string of the molecule is CC(C)(C)OC(=O)NC(CC(=O)N1CCSC1)c1ccccc1F. The summed E-state index contributed by atoms with van der Waals surface area (Å²) in [5.74, 6) is 0.969. The summed E-state index contributed by atoms with van der Waals surface area (Å²) in [5, 5.41) is 2.63. The Bertz CT molecular complexity index is 598. The number of nitrogens with one attached hydrogen (secondary N) is 1. The average Bonchev–Trinajstić information content (AvgIpc) is 2.99. The summed E-state index contributed by atoms with van der Waals surface area (Å²) >= 11 is 1.68. The fourth-order valence-corrected chi connectivity index (χ4v) is 3.33. The Morgan fingerprint density at radius 2 is 2.08 bits per heavy atom. The molecule has 1 aromatic rings. The van der Waals surface area contributed by atoms with E-state index in [9.17, 15) is 14.0 Å². The van der Waals surface area contributed by atoms with E-state index in [1.54, 1.807) is 55.6 Å². The zero-order valence-corrected chi connectivity index (χ0v) is 15.0. The van der Waals surface area contributed by atoms with Gasteiger partial charge >= 0.3 is 6.09 Å². The van der Waals surface area contributed by atoms with Crippen LogP contribution in [0.25, 0.3) is 0 Å². The van der Waals surface area contributed by atoms with Crippen LogP contribution in [0.5, 0.6) is 0 Å². The first-order valence-electron chi connectivity index (χ1n) is 7.86. The van der Waals surface area contributed by atoms with Crippen LogP contribution >= 0.6 is 11.8 Å². The number of thioether (sulfide) groups is 1. The fourth-order valence-electron chi connectivity index (χ4n) is 2.36. The number of halogens is 1. The van der Waals surface area contributed by atoms with Crippen molar-refractivity contribution in [2.45, 2.75) is 38.8 Å². The van der Waals surface area contributed by atoms with Crippen molar-refractivity contribution in [3.05, 3.63) is 35.6 Å². The number of hydrogen-bond donors (Lipinski definition) is 1. The van der Waals surface area contributed by atoms with Crippen LogP contribution in [0.15, 0.2) is 24.3 Å². The molecular weight excluding hydrogens is 331 g/mol. The van der Waals surface area contributed by atoms with Gasteiger partial charge in [0.2, 0.25) is 5.91 Å². The highest BCUT2D eigenvalue weighted by Gasteiger charge is 2.27. The second-order valence-corrected chi connectivity index (χ2v) is 7.69. The third-order valence-electron chi connectivity index (χ3n) is 3.46. The molecule has 7 heteroatoms. The van der Waals surface area contributed by atoms with Gasteiger partial charge in [-0.05, 0) is 26.8 Å². The molecule has 0 bridgehead atoms. The van der Waals surface area contributed by atoms with E-state index in [0.29, 0.717) is 12.4 Å². The predicted molar refractivity (Wildman–Crippen MR) is 92.2 cm³/mol. The zero-order chi connectivity index (χ0) is 17.7. The van der Waals surface area contributed by atoms with Gasteiger partial charge in [0, 0.05) is 17.9 Å². The Kier molecular flexibility index (Phi) is 6.10. The molecule has 1 fully saturated rings. The molecule has 1 heterocycles. The molecule has 2 rings (SSSR count). The highest BCUT2D eigenvalue weighted by molar-refractivity contribution is 7.99. The summed E-state index contributed by atoms with van der Waals surface area (Å²) < 4.78 is 19.4. The molecule has 0 saturated carbocycles. The van der Waals surface area contributed by atoms with Gasteiger partial charge in [-0.25, -0.2) is 9.18 Å². The van der Waals surface area contributed by atoms with E-state index in [0.717, 1.165) is 5.75 Å². The van der Waals surface area contributed by atoms with E-state index in [-0.39, 0.29) is 17.9 Å². The lowest BCUT2D eigenvalue weighted by molar-refractivity contribution is -0.130. The zero-order valence-electron chi connectivity index (χ0n) is 14.2. The highest BCUT2D eigenvalue weighted by Crippen LogP contribution is 2.24. The van der Waals surface area contributed by atoms with Gasteiger partial charge in [-0.3, -0.25) is 4.79 Å². The number of alkyl carbamates (subject to hydrolysis) is 1. The summed E-state index contributed by atoms with van der Waals surface area (Å²) in [4.78, 5) is 26.2. The number of rotatable bonds is 4. The molecule has 1 aromatic carbocycles. The van der Waals surface area contributed by atoms with Crippen molar-refractivity contribution < 1.29 is 18.7 Å². The predicted octanol–water partition coefficient (Wildman–Crippen LogP) is 3.31. The summed E-state index contributed by atoms with van der Waals surface area (Å²) in [6.45, 7) is 5.92. The van der Waals surface area contributed by atoms with E-state index in [1.165, 1.54) is 6.07 Å². The number of nitrogens with zero attached hydrogens (tertiary/aromatic N) is 1. The van der Waals surface area contributed by atoms with E-state index < -0.39 is 23.6 Å². The van der Waals surface area contributed by atoms with Crippen molar-refractivity contribution >= 4 is 23.8 Å². The van der Waals surface area contributed by atoms with Crippen molar-refractivity contribution in [3.8, 4) is 0 Å². The van der Waals surface area contributed by atoms with Gasteiger partial charge in [0.1, 0.15) is 11.4 Å². The van der Waals surface area contributed by atoms with Crippen molar-refractivity contribution in [1.82, 2.24) is 10.2 Å². The monoisotopic (exact) mass is 354 g/mol. The molecule has 1 saturated heterocycles. The van der Waals surface area contributed by atoms with E-state index in [4.69, 9.17) is 4.74 Å². The minimum Gasteiger partial charge on any atom is -0.444 e. The third kappa shape index (κ3) is 5.40. The maximum atomic E-state index is 14.1. The highest BCUT2D eigenvalue weighted by atomic mass is 32.2. The number of ether oxygens (including phenoxy) is 1. The Morgan fingerprint density at radius 3 is 2.67 bits per heavy atom. The van der Waals surface area contributed by atoms with Gasteiger partial charge in [0.05, 0.1) is 18.3 Å². The molecule has 1 aliphatic heterocycles. The third-order valence-corrected chi connectivity index (χ3v) is 4.42. The first kappa shape index (κ1) is 18.6. The number of hydrogen-bond acceptors (Lipinski definition) is 4. The molecule has 1 N–H and O–H groups in total. The second kappa shape index (κ2) is 7.88. The molecule has 2 amide bonds. The Labute approximate surface area is 145 Å². The molecule has 5 nitrogen and oxygen atoms in total. The maximum absolute atomic E-state index is 14.1. The molecule has 1 aliphatic rings. The summed E-state index contributed by atoms with van der Waals surface area (Å²) in [6.07, 6.45) is -0.667. The van der Waals surface area contributed by atoms with Gasteiger partial charge in [-0.15, -0.1) is 11.8 Å². The molecular formula is C17H23FN2O3S. The molecule has 0 spiro atoms. The standard InChI is InChI=1S/C17H23FN2O3S/c1-17(2,3)23-16(22)19-14(12-6-4-5-7-13(12)18)10-15(21)20-8-9-24-11-20/h4-7,14H,8-11H2,1-3H3,(H,19,22). The smallest absolute Gasteiger partial charge is 0.408 e. The lowest BCUT2D eigenvalue weighted by Gasteiger charge is -2.25. The van der Waals surface area contributed by atoms with Crippen LogP contribution in [0.2, 0.25) is 0 Å². The fraction of sp³-hybridized carbons (Fsp3) is 0.529. The minimum absolute atomic E-state index is 0.000730. The van der Waals surface area contributed by atoms with Gasteiger partial charge in [-0.1, -0.05) is 18.2 Å². The maximum Gasteiger partial charge on any atom is 0.408 e. The number of carbonyl (C=O) groups is 2. The van der Waals surface area contributed by atoms with Crippen molar-refractivity contribution in [3.63, 3.8) is 0 Å². The lowest BCUT2D eigenvalue weighted by Crippen LogP contribution is -2.38. The quantitative estimate of drug-likeness (QED) is 0.901. The van der Waals surface area contributed by atoms with Crippen LogP contribution in [-0.2, 0) is 9.53 Å². The molecule has 0 aliphatic carbocycles. The topological polar surface area (TPSA) is 58.6 Å². The summed E-state index contributed by atoms with van der Waals surface area (Å²) in [6, 6.07) is 5.37. The minimum atomic E-state index is -0.765. The Balaban J connectivity index is 2.13. The first-order valence-corrected chi connectivity index (χ1v) is 9.01. The first-order chi connectivity index (χ1) is 11.3. The molecule has 0 aromatic heterocycles. The Morgan fingerprint density at radius 1 is 1.38 bits per heavy atom. The van der Waals surface area contributed by atoms with Crippen LogP contribution in [0.1, 0.15) is 38.8 Å². The summed E-state index contributed by atoms with van der Waals surface area (Å²) in [7, 11) is 0. The molecule has 1 unspecified atom stereocenters. The van der Waals surface area contributed by atoms with Crippen LogP contribution in [0.3, 0.4) is 0 Å². The van der Waals surface area contributed by atoms with Gasteiger partial charge in [-0.2, -0.15) is 0 Å². The largest absolute Gasteiger partial charge is 0.444 e. The molecule has 0 radical (unpaired) electrons. The molecule has 132 valence electrons. The molecule has 24 heavy (non-hydrogen) atoms. The second-order valence-electron chi connectivity index (χ2n) is 6.62. The van der Waals surface area contributed by atoms with Crippen molar-refractivity contribution in [1.29, 1.82) is 0 Å². The van der Waals surface area contributed by atoms with Crippen LogP contribution < -0.4 is 5.32 Å². The van der Waals surface area contributed by atoms with Crippen LogP contribution in [0.4, 0.5) is 9.18 Å². The lowest BCUT2D eigenvalue weighted by atomic mass is 10.0. The molecule has 1 atom stereocenters. The van der Waals surface area contributed by atoms with E-state index in [1.807, 2.05) is 0 Å². The van der Waals surface area contributed by atoms with E-state index in [2.05, 4.69) is 5.32 Å². The van der Waals surface area contributed by atoms with Gasteiger partial charge in [0.15, 0.2) is 0 Å². The van der Waals surface area contributed by atoms with Crippen molar-refractivity contribution in [2.24, 2.45) is 0 Å². The number of amides is 2.